The Morgan fingerprint density at radius 3 is 0.909 bits per heavy atom. The number of nitrogens with zero attached hydrogens (tertiary/aromatic N) is 2. The highest BCUT2D eigenvalue weighted by atomic mass is 16.5. The Balaban J connectivity index is 1.02. The highest BCUT2D eigenvalue weighted by Gasteiger charge is 2.46. The van der Waals surface area contributed by atoms with Gasteiger partial charge in [-0.15, -0.1) is 0 Å². The zero-order valence-electron chi connectivity index (χ0n) is 64.1. The molecule has 0 unspecified atom stereocenters. The summed E-state index contributed by atoms with van der Waals surface area (Å²) in [5, 5.41) is 0. The summed E-state index contributed by atoms with van der Waals surface area (Å²) < 4.78 is 21.8. The monoisotopic (exact) mass is 1420 g/mol. The highest BCUT2D eigenvalue weighted by molar-refractivity contribution is 6.03. The van der Waals surface area contributed by atoms with Gasteiger partial charge in [-0.3, -0.25) is 0 Å². The van der Waals surface area contributed by atoms with Crippen molar-refractivity contribution in [2.75, 3.05) is 9.80 Å². The first kappa shape index (κ1) is 69.1. The van der Waals surface area contributed by atoms with Crippen molar-refractivity contribution in [3.8, 4) is 90.1 Å². The fraction of sp³-hybridized carbons (Fsp3) is 0.143. The Labute approximate surface area is 648 Å². The van der Waals surface area contributed by atoms with Crippen LogP contribution in [0.5, 0.6) is 34.5 Å². The van der Waals surface area contributed by atoms with Crippen molar-refractivity contribution in [2.45, 2.75) is 96.3 Å². The summed E-state index contributed by atoms with van der Waals surface area (Å²) in [5.41, 5.74) is 25.5. The molecule has 3 aliphatic heterocycles. The summed E-state index contributed by atoms with van der Waals surface area (Å²) in [6, 6.07) is 130. The Morgan fingerprint density at radius 2 is 0.536 bits per heavy atom. The molecule has 3 heterocycles. The third-order valence-corrected chi connectivity index (χ3v) is 23.2. The van der Waals surface area contributed by atoms with E-state index in [0.29, 0.717) is 0 Å². The number of anilines is 6. The van der Waals surface area contributed by atoms with E-state index >= 15 is 0 Å². The van der Waals surface area contributed by atoms with Crippen LogP contribution in [0, 0.1) is 0 Å². The molecule has 0 fully saturated rings. The van der Waals surface area contributed by atoms with Gasteiger partial charge in [-0.2, -0.15) is 0 Å². The van der Waals surface area contributed by atoms with Gasteiger partial charge in [0.15, 0.2) is 0 Å². The molecule has 536 valence electrons. The second kappa shape index (κ2) is 26.9. The molecule has 18 rings (SSSR count). The zero-order valence-corrected chi connectivity index (χ0v) is 64.1. The van der Waals surface area contributed by atoms with E-state index in [1.165, 1.54) is 11.1 Å². The molecule has 0 N–H and O–H groups in total. The third kappa shape index (κ3) is 11.9. The third-order valence-electron chi connectivity index (χ3n) is 23.2. The molecule has 3 aliphatic rings. The number of rotatable bonds is 13. The fourth-order valence-electron chi connectivity index (χ4n) is 17.4. The van der Waals surface area contributed by atoms with E-state index < -0.39 is 16.2 Å². The van der Waals surface area contributed by atoms with Crippen LogP contribution in [0.2, 0.25) is 0 Å². The molecule has 0 spiro atoms. The van der Waals surface area contributed by atoms with Crippen LogP contribution in [0.4, 0.5) is 34.1 Å². The van der Waals surface area contributed by atoms with Crippen LogP contribution < -0.4 is 24.0 Å². The maximum atomic E-state index is 7.28. The summed E-state index contributed by atoms with van der Waals surface area (Å²) in [4.78, 5) is 5.09. The summed E-state index contributed by atoms with van der Waals surface area (Å²) >= 11 is 0. The number of para-hydroxylation sites is 3. The number of fused-ring (bicyclic) bond motifs is 6. The van der Waals surface area contributed by atoms with Gasteiger partial charge in [-0.05, 0) is 151 Å². The predicted molar refractivity (Wildman–Crippen MR) is 456 cm³/mol. The molecule has 0 aliphatic carbocycles. The zero-order chi connectivity index (χ0) is 75.3. The maximum Gasteiger partial charge on any atom is 0.133 e. The quantitative estimate of drug-likeness (QED) is 0.115. The SMILES string of the molecule is CC(C)(C)c1cc(-c2ccccc2)c(N(c2cc(-c3ccc4c(c3)C(c3ccccc3)(c3ccccc3)c3ccccc3O4)cc(N(c3ccc4c(c3)Oc3ccccc3C4(C)C)c3c(-c4ccccc4)cc(C(C)(C)C)cc3-c3ccccc3)c2)c2ccc3c(c2)Oc2ccccc2C3(C)C)c(-c2ccccc2)c1. The van der Waals surface area contributed by atoms with Gasteiger partial charge in [-0.25, -0.2) is 0 Å². The first-order valence-corrected chi connectivity index (χ1v) is 38.5. The van der Waals surface area contributed by atoms with Crippen molar-refractivity contribution in [1.82, 2.24) is 0 Å². The number of hydrogen-bond donors (Lipinski definition) is 0. The maximum absolute atomic E-state index is 7.28. The van der Waals surface area contributed by atoms with Gasteiger partial charge in [0, 0.05) is 101 Å². The lowest BCUT2D eigenvalue weighted by atomic mass is 9.63. The van der Waals surface area contributed by atoms with Gasteiger partial charge in [0.25, 0.3) is 0 Å². The molecular weight excluding hydrogens is 1340 g/mol. The van der Waals surface area contributed by atoms with Gasteiger partial charge < -0.3 is 24.0 Å². The Hall–Kier alpha value is -12.7. The van der Waals surface area contributed by atoms with E-state index in [2.05, 4.69) is 431 Å². The molecule has 0 amide bonds. The minimum absolute atomic E-state index is 0.251. The Morgan fingerprint density at radius 1 is 0.227 bits per heavy atom. The van der Waals surface area contributed by atoms with Gasteiger partial charge in [0.1, 0.15) is 34.5 Å². The van der Waals surface area contributed by atoms with Crippen LogP contribution in [0.3, 0.4) is 0 Å². The van der Waals surface area contributed by atoms with Crippen LogP contribution >= 0.6 is 0 Å². The standard InChI is InChI=1S/C105H88N2O3/c1-101(2,3)77-62-83(69-35-17-11-18-36-69)99(84(63-77)70-37-19-12-20-38-70)106(79-54-56-89-97(67-79)109-93-50-32-29-47-87(93)103(89,7)8)81-59-74(73-53-58-96-92(61-73)105(75-43-25-15-26-44-75,76-45-27-16-28-46-76)91-49-31-34-52-95(91)108-96)60-82(66-81)107(80-55-57-90-98(68-80)110-94-51-33-30-48-88(94)104(90,9)10)100-85(71-39-21-13-22-40-71)64-78(102(4,5)6)65-86(100)72-41-23-14-24-42-72/h11-68H,1-10H3. The number of hydrogen-bond acceptors (Lipinski definition) is 5. The van der Waals surface area contributed by atoms with Gasteiger partial charge in [-0.1, -0.05) is 324 Å². The average Bonchev–Trinajstić information content (AvgIpc) is 0.712. The van der Waals surface area contributed by atoms with Gasteiger partial charge >= 0.3 is 0 Å². The van der Waals surface area contributed by atoms with E-state index in [0.717, 1.165) is 169 Å². The molecular formula is C105H88N2O3. The van der Waals surface area contributed by atoms with Crippen LogP contribution in [0.15, 0.2) is 352 Å². The molecule has 15 aromatic rings. The fourth-order valence-corrected chi connectivity index (χ4v) is 17.4. The first-order valence-electron chi connectivity index (χ1n) is 38.5. The summed E-state index contributed by atoms with van der Waals surface area (Å²) in [6.45, 7) is 23.2. The smallest absolute Gasteiger partial charge is 0.133 e. The van der Waals surface area contributed by atoms with E-state index in [4.69, 9.17) is 14.2 Å². The summed E-state index contributed by atoms with van der Waals surface area (Å²) in [5.74, 6) is 4.90. The number of benzene rings is 15. The lowest BCUT2D eigenvalue weighted by Gasteiger charge is -2.41. The molecule has 0 aromatic heterocycles. The van der Waals surface area contributed by atoms with Crippen molar-refractivity contribution < 1.29 is 14.2 Å². The van der Waals surface area contributed by atoms with Crippen LogP contribution in [0.1, 0.15) is 125 Å². The molecule has 15 aromatic carbocycles. The second-order valence-electron chi connectivity index (χ2n) is 32.8. The van der Waals surface area contributed by atoms with Crippen molar-refractivity contribution in [3.05, 3.63) is 407 Å². The molecule has 0 radical (unpaired) electrons. The predicted octanol–water partition coefficient (Wildman–Crippen LogP) is 28.9. The minimum Gasteiger partial charge on any atom is -0.457 e. The summed E-state index contributed by atoms with van der Waals surface area (Å²) in [6.07, 6.45) is 0. The van der Waals surface area contributed by atoms with Gasteiger partial charge in [0.05, 0.1) is 16.8 Å². The van der Waals surface area contributed by atoms with Crippen molar-refractivity contribution >= 4 is 34.1 Å². The van der Waals surface area contributed by atoms with Crippen LogP contribution in [-0.4, -0.2) is 0 Å². The molecule has 0 saturated carbocycles. The molecule has 110 heavy (non-hydrogen) atoms. The molecule has 5 heteroatoms. The van der Waals surface area contributed by atoms with E-state index in [-0.39, 0.29) is 10.8 Å². The van der Waals surface area contributed by atoms with E-state index in [1.54, 1.807) is 0 Å². The minimum atomic E-state index is -0.819. The normalized spacial score (nSPS) is 14.0. The molecule has 0 bridgehead atoms. The van der Waals surface area contributed by atoms with Crippen molar-refractivity contribution in [1.29, 1.82) is 0 Å². The van der Waals surface area contributed by atoms with Crippen LogP contribution in [0.25, 0.3) is 55.6 Å². The van der Waals surface area contributed by atoms with Crippen molar-refractivity contribution in [3.63, 3.8) is 0 Å². The van der Waals surface area contributed by atoms with E-state index in [9.17, 15) is 0 Å². The van der Waals surface area contributed by atoms with Crippen LogP contribution in [-0.2, 0) is 27.1 Å². The largest absolute Gasteiger partial charge is 0.457 e. The van der Waals surface area contributed by atoms with E-state index in [1.807, 2.05) is 0 Å². The van der Waals surface area contributed by atoms with Crippen molar-refractivity contribution in [2.24, 2.45) is 0 Å². The lowest BCUT2D eigenvalue weighted by molar-refractivity contribution is 0.418. The van der Waals surface area contributed by atoms with Gasteiger partial charge in [0.2, 0.25) is 0 Å². The molecule has 0 atom stereocenters. The molecule has 0 saturated heterocycles. The Kier molecular flexibility index (Phi) is 16.9. The average molecular weight is 1430 g/mol. The lowest BCUT2D eigenvalue weighted by Crippen LogP contribution is -2.34. The number of ether oxygens (including phenoxy) is 3. The highest BCUT2D eigenvalue weighted by Crippen LogP contribution is 2.60. The Bertz CT molecular complexity index is 5580. The second-order valence-corrected chi connectivity index (χ2v) is 32.8. The summed E-state index contributed by atoms with van der Waals surface area (Å²) in [7, 11) is 0. The first-order chi connectivity index (χ1) is 53.3. The molecule has 5 nitrogen and oxygen atoms in total. The topological polar surface area (TPSA) is 34.2 Å².